The molecule has 1 aliphatic rings. The minimum atomic E-state index is -0.845. The van der Waals surface area contributed by atoms with E-state index in [-0.39, 0.29) is 11.7 Å². The van der Waals surface area contributed by atoms with Crippen molar-refractivity contribution in [3.63, 3.8) is 0 Å². The highest BCUT2D eigenvalue weighted by atomic mass is 79.9. The second-order valence-corrected chi connectivity index (χ2v) is 5.73. The molecule has 1 aliphatic carbocycles. The molecular formula is C15H19BrF2O. The lowest BCUT2D eigenvalue weighted by molar-refractivity contribution is 0.308. The minimum Gasteiger partial charge on any atom is -0.491 e. The van der Waals surface area contributed by atoms with Gasteiger partial charge in [0.25, 0.3) is 0 Å². The van der Waals surface area contributed by atoms with Crippen molar-refractivity contribution < 1.29 is 13.5 Å². The summed E-state index contributed by atoms with van der Waals surface area (Å²) in [5.41, 5.74) is 0.508. The van der Waals surface area contributed by atoms with E-state index in [1.165, 1.54) is 0 Å². The Kier molecular flexibility index (Phi) is 5.20. The van der Waals surface area contributed by atoms with E-state index in [0.29, 0.717) is 18.1 Å². The van der Waals surface area contributed by atoms with E-state index < -0.39 is 11.6 Å². The second-order valence-electron chi connectivity index (χ2n) is 5.09. The molecule has 0 saturated heterocycles. The van der Waals surface area contributed by atoms with Gasteiger partial charge >= 0.3 is 0 Å². The van der Waals surface area contributed by atoms with Gasteiger partial charge in [-0.05, 0) is 56.1 Å². The Bertz CT molecular complexity index is 428. The third kappa shape index (κ3) is 3.28. The third-order valence-electron chi connectivity index (χ3n) is 3.88. The Morgan fingerprint density at radius 3 is 2.42 bits per heavy atom. The standard InChI is InChI=1S/C15H19BrF2O/c1-2-19-13-8-7-12(14(17)15(13)18)11-5-3-10(9-16)4-6-11/h7-8,10-11H,2-6,9H2,1H3. The predicted molar refractivity (Wildman–Crippen MR) is 76.0 cm³/mol. The molecule has 106 valence electrons. The lowest BCUT2D eigenvalue weighted by Crippen LogP contribution is -2.15. The zero-order chi connectivity index (χ0) is 13.8. The molecule has 0 spiro atoms. The molecule has 4 heteroatoms. The summed E-state index contributed by atoms with van der Waals surface area (Å²) in [4.78, 5) is 0. The molecule has 1 aromatic carbocycles. The van der Waals surface area contributed by atoms with Gasteiger partial charge in [-0.3, -0.25) is 0 Å². The molecule has 0 aliphatic heterocycles. The molecule has 1 fully saturated rings. The molecule has 0 amide bonds. The minimum absolute atomic E-state index is 0.0119. The van der Waals surface area contributed by atoms with E-state index in [9.17, 15) is 8.78 Å². The first-order valence-corrected chi connectivity index (χ1v) is 7.96. The monoisotopic (exact) mass is 332 g/mol. The van der Waals surface area contributed by atoms with E-state index >= 15 is 0 Å². The number of ether oxygens (including phenoxy) is 1. The van der Waals surface area contributed by atoms with Crippen molar-refractivity contribution in [3.8, 4) is 5.75 Å². The summed E-state index contributed by atoms with van der Waals surface area (Å²) in [6, 6.07) is 3.23. The number of hydrogen-bond donors (Lipinski definition) is 0. The molecule has 2 rings (SSSR count). The van der Waals surface area contributed by atoms with Crippen LogP contribution in [0.15, 0.2) is 12.1 Å². The van der Waals surface area contributed by atoms with Crippen molar-refractivity contribution in [2.75, 3.05) is 11.9 Å². The van der Waals surface area contributed by atoms with Crippen molar-refractivity contribution in [2.45, 2.75) is 38.5 Å². The Labute approximate surface area is 121 Å². The van der Waals surface area contributed by atoms with Crippen LogP contribution in [-0.2, 0) is 0 Å². The van der Waals surface area contributed by atoms with Crippen LogP contribution in [0.3, 0.4) is 0 Å². The van der Waals surface area contributed by atoms with Crippen LogP contribution in [0.4, 0.5) is 8.78 Å². The van der Waals surface area contributed by atoms with Crippen LogP contribution >= 0.6 is 15.9 Å². The van der Waals surface area contributed by atoms with Gasteiger partial charge in [-0.15, -0.1) is 0 Å². The zero-order valence-electron chi connectivity index (χ0n) is 11.1. The summed E-state index contributed by atoms with van der Waals surface area (Å²) in [5, 5.41) is 1.000. The molecule has 1 nitrogen and oxygen atoms in total. The Balaban J connectivity index is 2.15. The largest absolute Gasteiger partial charge is 0.491 e. The average Bonchev–Trinajstić information content (AvgIpc) is 2.45. The fourth-order valence-corrected chi connectivity index (χ4v) is 3.40. The molecule has 0 aromatic heterocycles. The molecule has 0 heterocycles. The lowest BCUT2D eigenvalue weighted by Gasteiger charge is -2.28. The normalized spacial score (nSPS) is 23.4. The summed E-state index contributed by atoms with van der Waals surface area (Å²) < 4.78 is 33.0. The van der Waals surface area contributed by atoms with E-state index in [2.05, 4.69) is 15.9 Å². The Hall–Kier alpha value is -0.640. The van der Waals surface area contributed by atoms with Crippen molar-refractivity contribution in [1.82, 2.24) is 0 Å². The fraction of sp³-hybridized carbons (Fsp3) is 0.600. The van der Waals surface area contributed by atoms with Gasteiger partial charge in [0.15, 0.2) is 11.6 Å². The van der Waals surface area contributed by atoms with Gasteiger partial charge in [-0.2, -0.15) is 4.39 Å². The molecule has 1 saturated carbocycles. The van der Waals surface area contributed by atoms with E-state index in [4.69, 9.17) is 4.74 Å². The van der Waals surface area contributed by atoms with E-state index in [0.717, 1.165) is 31.0 Å². The highest BCUT2D eigenvalue weighted by molar-refractivity contribution is 9.09. The van der Waals surface area contributed by atoms with Crippen LogP contribution in [0.2, 0.25) is 0 Å². The Morgan fingerprint density at radius 1 is 1.16 bits per heavy atom. The summed E-state index contributed by atoms with van der Waals surface area (Å²) in [6.45, 7) is 2.10. The highest BCUT2D eigenvalue weighted by Gasteiger charge is 2.26. The third-order valence-corrected chi connectivity index (χ3v) is 4.80. The van der Waals surface area contributed by atoms with Crippen molar-refractivity contribution >= 4 is 15.9 Å². The second kappa shape index (κ2) is 6.69. The van der Waals surface area contributed by atoms with Crippen LogP contribution in [0.1, 0.15) is 44.1 Å². The molecule has 19 heavy (non-hydrogen) atoms. The molecule has 0 N–H and O–H groups in total. The number of hydrogen-bond acceptors (Lipinski definition) is 1. The quantitative estimate of drug-likeness (QED) is 0.702. The number of alkyl halides is 1. The number of benzene rings is 1. The summed E-state index contributed by atoms with van der Waals surface area (Å²) >= 11 is 3.49. The maximum Gasteiger partial charge on any atom is 0.200 e. The van der Waals surface area contributed by atoms with Gasteiger partial charge in [0, 0.05) is 5.33 Å². The van der Waals surface area contributed by atoms with Gasteiger partial charge in [0.2, 0.25) is 5.82 Å². The van der Waals surface area contributed by atoms with E-state index in [1.54, 1.807) is 19.1 Å². The smallest absolute Gasteiger partial charge is 0.200 e. The van der Waals surface area contributed by atoms with Crippen LogP contribution < -0.4 is 4.74 Å². The molecule has 1 aromatic rings. The van der Waals surface area contributed by atoms with Crippen LogP contribution in [-0.4, -0.2) is 11.9 Å². The molecule has 0 atom stereocenters. The first-order chi connectivity index (χ1) is 9.17. The fourth-order valence-electron chi connectivity index (χ4n) is 2.76. The maximum atomic E-state index is 14.1. The first-order valence-electron chi connectivity index (χ1n) is 6.84. The maximum absolute atomic E-state index is 14.1. The van der Waals surface area contributed by atoms with Crippen LogP contribution in [0.25, 0.3) is 0 Å². The molecule has 0 unspecified atom stereocenters. The summed E-state index contributed by atoms with van der Waals surface area (Å²) in [7, 11) is 0. The molecule has 0 radical (unpaired) electrons. The first kappa shape index (κ1) is 14.8. The van der Waals surface area contributed by atoms with Crippen molar-refractivity contribution in [2.24, 2.45) is 5.92 Å². The SMILES string of the molecule is CCOc1ccc(C2CCC(CBr)CC2)c(F)c1F. The summed E-state index contributed by atoms with van der Waals surface area (Å²) in [5.74, 6) is -0.750. The van der Waals surface area contributed by atoms with Gasteiger partial charge in [0.1, 0.15) is 0 Å². The molecular weight excluding hydrogens is 314 g/mol. The number of rotatable bonds is 4. The van der Waals surface area contributed by atoms with Crippen molar-refractivity contribution in [3.05, 3.63) is 29.3 Å². The average molecular weight is 333 g/mol. The van der Waals surface area contributed by atoms with Gasteiger partial charge < -0.3 is 4.74 Å². The van der Waals surface area contributed by atoms with Gasteiger partial charge in [0.05, 0.1) is 6.61 Å². The predicted octanol–water partition coefficient (Wildman–Crippen LogP) is 5.03. The number of halogens is 3. The Morgan fingerprint density at radius 2 is 1.84 bits per heavy atom. The topological polar surface area (TPSA) is 9.23 Å². The lowest BCUT2D eigenvalue weighted by atomic mass is 9.79. The van der Waals surface area contributed by atoms with Crippen LogP contribution in [0, 0.1) is 17.6 Å². The van der Waals surface area contributed by atoms with Gasteiger partial charge in [-0.25, -0.2) is 4.39 Å². The van der Waals surface area contributed by atoms with Crippen LogP contribution in [0.5, 0.6) is 5.75 Å². The molecule has 0 bridgehead atoms. The van der Waals surface area contributed by atoms with Crippen molar-refractivity contribution in [1.29, 1.82) is 0 Å². The van der Waals surface area contributed by atoms with Gasteiger partial charge in [-0.1, -0.05) is 22.0 Å². The highest BCUT2D eigenvalue weighted by Crippen LogP contribution is 2.38. The summed E-state index contributed by atoms with van der Waals surface area (Å²) in [6.07, 6.45) is 4.01. The van der Waals surface area contributed by atoms with E-state index in [1.807, 2.05) is 0 Å². The zero-order valence-corrected chi connectivity index (χ0v) is 12.7.